The van der Waals surface area contributed by atoms with Crippen molar-refractivity contribution in [3.05, 3.63) is 74.6 Å². The van der Waals surface area contributed by atoms with Crippen molar-refractivity contribution in [2.75, 3.05) is 0 Å². The molecule has 3 aromatic rings. The van der Waals surface area contributed by atoms with E-state index in [1.54, 1.807) is 6.07 Å². The summed E-state index contributed by atoms with van der Waals surface area (Å²) < 4.78 is 0. The third-order valence-electron chi connectivity index (χ3n) is 3.17. The fraction of sp³-hybridized carbons (Fsp3) is 0. The van der Waals surface area contributed by atoms with E-state index in [-0.39, 0.29) is 11.4 Å². The van der Waals surface area contributed by atoms with Crippen molar-refractivity contribution in [2.45, 2.75) is 0 Å². The van der Waals surface area contributed by atoms with Gasteiger partial charge in [-0.05, 0) is 18.2 Å². The van der Waals surface area contributed by atoms with Crippen molar-refractivity contribution in [3.8, 4) is 0 Å². The molecular formula is C15H9N5O4. The molecule has 0 radical (unpaired) electrons. The van der Waals surface area contributed by atoms with Crippen LogP contribution in [0.4, 0.5) is 17.1 Å². The number of non-ortho nitro benzene ring substituents is 1. The molecule has 0 saturated heterocycles. The average molecular weight is 323 g/mol. The molecule has 0 aliphatic heterocycles. The molecular weight excluding hydrogens is 314 g/mol. The van der Waals surface area contributed by atoms with E-state index in [2.05, 4.69) is 15.0 Å². The van der Waals surface area contributed by atoms with Crippen molar-refractivity contribution in [1.82, 2.24) is 9.97 Å². The average Bonchev–Trinajstić information content (AvgIpc) is 2.59. The number of nitro benzene ring substituents is 2. The van der Waals surface area contributed by atoms with E-state index in [0.29, 0.717) is 11.2 Å². The molecule has 0 amide bonds. The minimum atomic E-state index is -0.717. The third kappa shape index (κ3) is 3.04. The van der Waals surface area contributed by atoms with Gasteiger partial charge in [-0.3, -0.25) is 25.2 Å². The Morgan fingerprint density at radius 3 is 2.46 bits per heavy atom. The minimum absolute atomic E-state index is 0.000517. The largest absolute Gasteiger partial charge is 0.301 e. The van der Waals surface area contributed by atoms with Gasteiger partial charge in [0.25, 0.3) is 5.69 Å². The van der Waals surface area contributed by atoms with Crippen molar-refractivity contribution in [1.29, 1.82) is 0 Å². The Hall–Kier alpha value is -3.75. The highest BCUT2D eigenvalue weighted by Gasteiger charge is 2.18. The Morgan fingerprint density at radius 1 is 1.00 bits per heavy atom. The summed E-state index contributed by atoms with van der Waals surface area (Å²) in [5.41, 5.74) is 0.984. The number of aliphatic imine (C=N–C) groups is 1. The van der Waals surface area contributed by atoms with Gasteiger partial charge in [0.2, 0.25) is 0 Å². The summed E-state index contributed by atoms with van der Waals surface area (Å²) >= 11 is 0. The van der Waals surface area contributed by atoms with Crippen LogP contribution in [0.5, 0.6) is 0 Å². The van der Waals surface area contributed by atoms with Gasteiger partial charge in [0, 0.05) is 6.07 Å². The fourth-order valence-electron chi connectivity index (χ4n) is 2.05. The zero-order valence-electron chi connectivity index (χ0n) is 12.1. The van der Waals surface area contributed by atoms with Crippen LogP contribution in [0, 0.1) is 20.2 Å². The molecule has 0 N–H and O–H groups in total. The molecule has 0 saturated carbocycles. The monoisotopic (exact) mass is 323 g/mol. The second kappa shape index (κ2) is 6.16. The van der Waals surface area contributed by atoms with Crippen LogP contribution in [0.15, 0.2) is 53.7 Å². The number of benzene rings is 2. The van der Waals surface area contributed by atoms with Gasteiger partial charge in [0.05, 0.1) is 39.4 Å². The highest BCUT2D eigenvalue weighted by Crippen LogP contribution is 2.31. The van der Waals surface area contributed by atoms with Crippen LogP contribution in [0.1, 0.15) is 5.69 Å². The maximum atomic E-state index is 11.1. The number of hydrogen-bond acceptors (Lipinski definition) is 7. The molecule has 2 aromatic carbocycles. The van der Waals surface area contributed by atoms with E-state index in [0.717, 1.165) is 17.6 Å². The standard InChI is InChI=1S/C15H9N5O4/c21-19(22)11-5-6-14(15(7-11)20(23)24)17-9-10-8-16-12-3-1-2-4-13(12)18-10/h1-9H. The number of nitro groups is 2. The fourth-order valence-corrected chi connectivity index (χ4v) is 2.05. The van der Waals surface area contributed by atoms with Gasteiger partial charge < -0.3 is 0 Å². The Kier molecular flexibility index (Phi) is 3.89. The molecule has 9 nitrogen and oxygen atoms in total. The number of nitrogens with zero attached hydrogens (tertiary/aromatic N) is 5. The van der Waals surface area contributed by atoms with E-state index in [1.807, 2.05) is 18.2 Å². The smallest absolute Gasteiger partial charge is 0.258 e. The first kappa shape index (κ1) is 15.2. The van der Waals surface area contributed by atoms with Crippen LogP contribution in [0.3, 0.4) is 0 Å². The Morgan fingerprint density at radius 2 is 1.75 bits per heavy atom. The highest BCUT2D eigenvalue weighted by atomic mass is 16.6. The van der Waals surface area contributed by atoms with Crippen LogP contribution in [-0.4, -0.2) is 26.0 Å². The van der Waals surface area contributed by atoms with E-state index in [1.165, 1.54) is 18.5 Å². The molecule has 9 heteroatoms. The zero-order valence-corrected chi connectivity index (χ0v) is 12.1. The first-order valence-corrected chi connectivity index (χ1v) is 6.73. The lowest BCUT2D eigenvalue weighted by molar-refractivity contribution is -0.393. The number of aromatic nitrogens is 2. The molecule has 0 spiro atoms. The maximum absolute atomic E-state index is 11.1. The predicted octanol–water partition coefficient (Wildman–Crippen LogP) is 3.20. The molecule has 0 bridgehead atoms. The molecule has 0 aliphatic carbocycles. The van der Waals surface area contributed by atoms with Gasteiger partial charge in [-0.25, -0.2) is 9.98 Å². The maximum Gasteiger partial charge on any atom is 0.301 e. The predicted molar refractivity (Wildman–Crippen MR) is 86.5 cm³/mol. The number of para-hydroxylation sites is 2. The number of rotatable bonds is 4. The van der Waals surface area contributed by atoms with Gasteiger partial charge in [0.1, 0.15) is 11.4 Å². The van der Waals surface area contributed by atoms with E-state index in [9.17, 15) is 20.2 Å². The van der Waals surface area contributed by atoms with Crippen molar-refractivity contribution < 1.29 is 9.85 Å². The second-order valence-electron chi connectivity index (χ2n) is 4.73. The van der Waals surface area contributed by atoms with Gasteiger partial charge in [-0.1, -0.05) is 12.1 Å². The number of fused-ring (bicyclic) bond motifs is 1. The van der Waals surface area contributed by atoms with Gasteiger partial charge in [-0.2, -0.15) is 0 Å². The first-order valence-electron chi connectivity index (χ1n) is 6.73. The van der Waals surface area contributed by atoms with E-state index < -0.39 is 15.5 Å². The van der Waals surface area contributed by atoms with Gasteiger partial charge >= 0.3 is 5.69 Å². The lowest BCUT2D eigenvalue weighted by Crippen LogP contribution is -1.94. The van der Waals surface area contributed by atoms with Crippen LogP contribution >= 0.6 is 0 Å². The third-order valence-corrected chi connectivity index (χ3v) is 3.17. The summed E-state index contributed by atoms with van der Waals surface area (Å²) in [5.74, 6) is 0. The van der Waals surface area contributed by atoms with Crippen LogP contribution in [0.2, 0.25) is 0 Å². The Balaban J connectivity index is 1.98. The van der Waals surface area contributed by atoms with Crippen LogP contribution in [-0.2, 0) is 0 Å². The van der Waals surface area contributed by atoms with Gasteiger partial charge in [-0.15, -0.1) is 0 Å². The summed E-state index contributed by atoms with van der Waals surface area (Å²) in [4.78, 5) is 32.9. The SMILES string of the molecule is O=[N+]([O-])c1ccc(N=Cc2cnc3ccccc3n2)c([N+](=O)[O-])c1. The Bertz CT molecular complexity index is 987. The quantitative estimate of drug-likeness (QED) is 0.412. The Labute approximate surface area is 134 Å². The molecule has 0 unspecified atom stereocenters. The molecule has 0 aliphatic rings. The topological polar surface area (TPSA) is 124 Å². The molecule has 118 valence electrons. The highest BCUT2D eigenvalue weighted by molar-refractivity contribution is 5.84. The van der Waals surface area contributed by atoms with Crippen molar-refractivity contribution in [2.24, 2.45) is 4.99 Å². The minimum Gasteiger partial charge on any atom is -0.258 e. The first-order chi connectivity index (χ1) is 11.5. The summed E-state index contributed by atoms with van der Waals surface area (Å²) in [6, 6.07) is 10.5. The van der Waals surface area contributed by atoms with Crippen molar-refractivity contribution >= 4 is 34.3 Å². The summed E-state index contributed by atoms with van der Waals surface area (Å²) in [6.07, 6.45) is 2.82. The zero-order chi connectivity index (χ0) is 17.1. The molecule has 24 heavy (non-hydrogen) atoms. The second-order valence-corrected chi connectivity index (χ2v) is 4.73. The van der Waals surface area contributed by atoms with Gasteiger partial charge in [0.15, 0.2) is 0 Å². The van der Waals surface area contributed by atoms with E-state index >= 15 is 0 Å². The summed E-state index contributed by atoms with van der Waals surface area (Å²) in [6.45, 7) is 0. The summed E-state index contributed by atoms with van der Waals surface area (Å²) in [5, 5.41) is 21.8. The molecule has 3 rings (SSSR count). The molecule has 0 fully saturated rings. The number of hydrogen-bond donors (Lipinski definition) is 0. The molecule has 1 heterocycles. The lowest BCUT2D eigenvalue weighted by atomic mass is 10.2. The summed E-state index contributed by atoms with van der Waals surface area (Å²) in [7, 11) is 0. The van der Waals surface area contributed by atoms with Crippen LogP contribution < -0.4 is 0 Å². The van der Waals surface area contributed by atoms with Crippen molar-refractivity contribution in [3.63, 3.8) is 0 Å². The van der Waals surface area contributed by atoms with E-state index in [4.69, 9.17) is 0 Å². The normalized spacial score (nSPS) is 11.0. The lowest BCUT2D eigenvalue weighted by Gasteiger charge is -1.99. The molecule has 0 atom stereocenters. The van der Waals surface area contributed by atoms with Crippen LogP contribution in [0.25, 0.3) is 11.0 Å². The molecule has 1 aromatic heterocycles.